The number of hydrogen-bond acceptors (Lipinski definition) is 1. The Kier molecular flexibility index (Phi) is 4.72. The van der Waals surface area contributed by atoms with Crippen LogP contribution in [-0.4, -0.2) is 13.1 Å². The van der Waals surface area contributed by atoms with Gasteiger partial charge in [-0.2, -0.15) is 0 Å². The zero-order valence-electron chi connectivity index (χ0n) is 10.2. The average molecular weight is 272 g/mol. The molecule has 0 saturated heterocycles. The van der Waals surface area contributed by atoms with E-state index in [1.54, 1.807) is 0 Å². The highest BCUT2D eigenvalue weighted by molar-refractivity contribution is 6.33. The van der Waals surface area contributed by atoms with Gasteiger partial charge in [0.15, 0.2) is 0 Å². The summed E-state index contributed by atoms with van der Waals surface area (Å²) in [5.41, 5.74) is 1.20. The van der Waals surface area contributed by atoms with Crippen molar-refractivity contribution in [2.75, 3.05) is 7.05 Å². The van der Waals surface area contributed by atoms with Crippen LogP contribution in [0.4, 0.5) is 0 Å². The van der Waals surface area contributed by atoms with Crippen molar-refractivity contribution in [3.63, 3.8) is 0 Å². The van der Waals surface area contributed by atoms with E-state index in [2.05, 4.69) is 12.4 Å². The smallest absolute Gasteiger partial charge is 0.0439 e. The normalized spacial score (nSPS) is 24.9. The lowest BCUT2D eigenvalue weighted by Gasteiger charge is -2.29. The molecule has 3 heteroatoms. The van der Waals surface area contributed by atoms with E-state index in [9.17, 15) is 0 Å². The minimum absolute atomic E-state index is 0.673. The van der Waals surface area contributed by atoms with Crippen LogP contribution >= 0.6 is 23.2 Å². The van der Waals surface area contributed by atoms with E-state index in [0.717, 1.165) is 22.4 Å². The number of benzene rings is 1. The maximum absolute atomic E-state index is 6.21. The van der Waals surface area contributed by atoms with Gasteiger partial charge in [-0.3, -0.25) is 0 Å². The van der Waals surface area contributed by atoms with Crippen LogP contribution in [0.3, 0.4) is 0 Å². The summed E-state index contributed by atoms with van der Waals surface area (Å²) in [6.07, 6.45) is 6.22. The fraction of sp³-hybridized carbons (Fsp3) is 0.571. The second-order valence-corrected chi connectivity index (χ2v) is 5.80. The van der Waals surface area contributed by atoms with Gasteiger partial charge in [0, 0.05) is 16.1 Å². The summed E-state index contributed by atoms with van der Waals surface area (Å²) in [4.78, 5) is 0. The molecular weight excluding hydrogens is 253 g/mol. The highest BCUT2D eigenvalue weighted by Gasteiger charge is 2.21. The fourth-order valence-electron chi connectivity index (χ4n) is 2.75. The molecule has 0 aliphatic heterocycles. The second-order valence-electron chi connectivity index (χ2n) is 4.96. The molecule has 2 atom stereocenters. The molecule has 2 rings (SSSR count). The minimum atomic E-state index is 0.673. The van der Waals surface area contributed by atoms with Crippen LogP contribution in [0.25, 0.3) is 0 Å². The van der Waals surface area contributed by atoms with Gasteiger partial charge in [-0.1, -0.05) is 36.0 Å². The average Bonchev–Trinajstić information content (AvgIpc) is 2.34. The molecule has 0 radical (unpaired) electrons. The molecule has 0 amide bonds. The third-order valence-corrected chi connectivity index (χ3v) is 4.31. The predicted molar refractivity (Wildman–Crippen MR) is 75.0 cm³/mol. The second kappa shape index (κ2) is 6.08. The van der Waals surface area contributed by atoms with Crippen LogP contribution in [0.1, 0.15) is 31.2 Å². The maximum Gasteiger partial charge on any atom is 0.0439 e. The summed E-state index contributed by atoms with van der Waals surface area (Å²) in [5, 5.41) is 5.02. The fourth-order valence-corrected chi connectivity index (χ4v) is 3.14. The van der Waals surface area contributed by atoms with E-state index < -0.39 is 0 Å². The van der Waals surface area contributed by atoms with Gasteiger partial charge in [-0.15, -0.1) is 0 Å². The van der Waals surface area contributed by atoms with Gasteiger partial charge >= 0.3 is 0 Å². The lowest BCUT2D eigenvalue weighted by molar-refractivity contribution is 0.294. The lowest BCUT2D eigenvalue weighted by atomic mass is 9.82. The van der Waals surface area contributed by atoms with Gasteiger partial charge in [-0.05, 0) is 56.0 Å². The molecule has 0 heterocycles. The Balaban J connectivity index is 2.02. The van der Waals surface area contributed by atoms with Crippen LogP contribution in [0.15, 0.2) is 18.2 Å². The Bertz CT molecular complexity index is 378. The predicted octanol–water partition coefficient (Wildman–Crippen LogP) is 4.31. The molecular formula is C14H19Cl2N. The largest absolute Gasteiger partial charge is 0.317 e. The first-order chi connectivity index (χ1) is 8.19. The first-order valence-corrected chi connectivity index (χ1v) is 7.06. The van der Waals surface area contributed by atoms with Gasteiger partial charge in [0.25, 0.3) is 0 Å². The Labute approximate surface area is 114 Å². The molecule has 0 bridgehead atoms. The Morgan fingerprint density at radius 1 is 1.29 bits per heavy atom. The summed E-state index contributed by atoms with van der Waals surface area (Å²) in [5.74, 6) is 0.733. The molecule has 17 heavy (non-hydrogen) atoms. The van der Waals surface area contributed by atoms with Gasteiger partial charge < -0.3 is 5.32 Å². The molecule has 0 aromatic heterocycles. The van der Waals surface area contributed by atoms with Crippen LogP contribution in [0.5, 0.6) is 0 Å². The molecule has 1 saturated carbocycles. The zero-order valence-corrected chi connectivity index (χ0v) is 11.7. The first-order valence-electron chi connectivity index (χ1n) is 6.30. The summed E-state index contributed by atoms with van der Waals surface area (Å²) in [7, 11) is 2.05. The maximum atomic E-state index is 6.21. The summed E-state index contributed by atoms with van der Waals surface area (Å²) >= 11 is 12.2. The molecule has 0 spiro atoms. The van der Waals surface area contributed by atoms with E-state index in [0.29, 0.717) is 6.04 Å². The van der Waals surface area contributed by atoms with Gasteiger partial charge in [0.1, 0.15) is 0 Å². The summed E-state index contributed by atoms with van der Waals surface area (Å²) in [6, 6.07) is 6.43. The van der Waals surface area contributed by atoms with Crippen molar-refractivity contribution in [1.82, 2.24) is 5.32 Å². The third-order valence-electron chi connectivity index (χ3n) is 3.71. The highest BCUT2D eigenvalue weighted by atomic mass is 35.5. The molecule has 1 aromatic carbocycles. The number of rotatable bonds is 3. The molecule has 1 N–H and O–H groups in total. The van der Waals surface area contributed by atoms with Gasteiger partial charge in [0.05, 0.1) is 0 Å². The van der Waals surface area contributed by atoms with E-state index in [4.69, 9.17) is 23.2 Å². The molecule has 1 aliphatic carbocycles. The van der Waals surface area contributed by atoms with Crippen molar-refractivity contribution in [3.05, 3.63) is 33.8 Å². The molecule has 2 unspecified atom stereocenters. The van der Waals surface area contributed by atoms with Gasteiger partial charge in [-0.25, -0.2) is 0 Å². The SMILES string of the molecule is CNC1CCCC(Cc2cc(Cl)ccc2Cl)C1. The molecule has 1 aliphatic rings. The summed E-state index contributed by atoms with van der Waals surface area (Å²) in [6.45, 7) is 0. The minimum Gasteiger partial charge on any atom is -0.317 e. The molecule has 1 nitrogen and oxygen atoms in total. The van der Waals surface area contributed by atoms with Gasteiger partial charge in [0.2, 0.25) is 0 Å². The van der Waals surface area contributed by atoms with Crippen molar-refractivity contribution < 1.29 is 0 Å². The van der Waals surface area contributed by atoms with E-state index in [-0.39, 0.29) is 0 Å². The van der Waals surface area contributed by atoms with Crippen LogP contribution in [0, 0.1) is 5.92 Å². The quantitative estimate of drug-likeness (QED) is 0.864. The molecule has 1 fully saturated rings. The van der Waals surface area contributed by atoms with E-state index in [1.165, 1.54) is 31.2 Å². The van der Waals surface area contributed by atoms with Crippen molar-refractivity contribution in [2.24, 2.45) is 5.92 Å². The topological polar surface area (TPSA) is 12.0 Å². The monoisotopic (exact) mass is 271 g/mol. The standard InChI is InChI=1S/C14H19Cl2N/c1-17-13-4-2-3-10(8-13)7-11-9-12(15)5-6-14(11)16/h5-6,9-10,13,17H,2-4,7-8H2,1H3. The van der Waals surface area contributed by atoms with Crippen molar-refractivity contribution in [1.29, 1.82) is 0 Å². The van der Waals surface area contributed by atoms with Crippen LogP contribution in [0.2, 0.25) is 10.0 Å². The highest BCUT2D eigenvalue weighted by Crippen LogP contribution is 2.30. The molecule has 94 valence electrons. The van der Waals surface area contributed by atoms with E-state index >= 15 is 0 Å². The third kappa shape index (κ3) is 3.61. The Morgan fingerprint density at radius 3 is 2.88 bits per heavy atom. The Morgan fingerprint density at radius 2 is 2.12 bits per heavy atom. The summed E-state index contributed by atoms with van der Waals surface area (Å²) < 4.78 is 0. The zero-order chi connectivity index (χ0) is 12.3. The molecule has 1 aromatic rings. The van der Waals surface area contributed by atoms with Crippen molar-refractivity contribution in [2.45, 2.75) is 38.1 Å². The van der Waals surface area contributed by atoms with E-state index in [1.807, 2.05) is 18.2 Å². The number of halogens is 2. The van der Waals surface area contributed by atoms with Crippen molar-refractivity contribution >= 4 is 23.2 Å². The number of hydrogen-bond donors (Lipinski definition) is 1. The van der Waals surface area contributed by atoms with Crippen molar-refractivity contribution in [3.8, 4) is 0 Å². The first kappa shape index (κ1) is 13.2. The Hall–Kier alpha value is -0.240. The lowest BCUT2D eigenvalue weighted by Crippen LogP contribution is -2.31. The number of nitrogens with one attached hydrogen (secondary N) is 1. The van der Waals surface area contributed by atoms with Crippen LogP contribution < -0.4 is 5.32 Å². The van der Waals surface area contributed by atoms with Crippen LogP contribution in [-0.2, 0) is 6.42 Å².